The zero-order valence-corrected chi connectivity index (χ0v) is 15.9. The van der Waals surface area contributed by atoms with Gasteiger partial charge >= 0.3 is 6.01 Å². The van der Waals surface area contributed by atoms with E-state index in [1.54, 1.807) is 43.8 Å². The Bertz CT molecular complexity index is 895. The molecule has 0 radical (unpaired) electrons. The quantitative estimate of drug-likeness (QED) is 0.535. The van der Waals surface area contributed by atoms with Crippen molar-refractivity contribution >= 4 is 21.7 Å². The van der Waals surface area contributed by atoms with Gasteiger partial charge in [0, 0.05) is 18.5 Å². The smallest absolute Gasteiger partial charge is 0.316 e. The minimum absolute atomic E-state index is 0.153. The summed E-state index contributed by atoms with van der Waals surface area (Å²) in [6, 6.07) is 7.31. The topological polar surface area (TPSA) is 115 Å². The van der Waals surface area contributed by atoms with Gasteiger partial charge in [-0.2, -0.15) is 4.98 Å². The molecule has 0 saturated carbocycles. The fourth-order valence-corrected chi connectivity index (χ4v) is 2.20. The van der Waals surface area contributed by atoms with Gasteiger partial charge in [-0.1, -0.05) is 6.07 Å². The summed E-state index contributed by atoms with van der Waals surface area (Å²) in [6.07, 6.45) is 4.48. The second-order valence-corrected chi connectivity index (χ2v) is 5.97. The van der Waals surface area contributed by atoms with Crippen LogP contribution in [-0.2, 0) is 0 Å². The lowest BCUT2D eigenvalue weighted by Crippen LogP contribution is -2.12. The summed E-state index contributed by atoms with van der Waals surface area (Å²) in [5.41, 5.74) is 5.91. The molecule has 2 N–H and O–H groups in total. The van der Waals surface area contributed by atoms with Crippen molar-refractivity contribution in [1.82, 2.24) is 19.9 Å². The van der Waals surface area contributed by atoms with Gasteiger partial charge in [-0.15, -0.1) is 0 Å². The van der Waals surface area contributed by atoms with Crippen LogP contribution in [0.1, 0.15) is 0 Å². The molecule has 3 rings (SSSR count). The number of hydrogen-bond donors (Lipinski definition) is 1. The van der Waals surface area contributed by atoms with Crippen molar-refractivity contribution < 1.29 is 18.9 Å². The van der Waals surface area contributed by atoms with Gasteiger partial charge in [0.2, 0.25) is 5.75 Å². The average molecular weight is 434 g/mol. The maximum Gasteiger partial charge on any atom is 0.316 e. The Morgan fingerprint density at radius 2 is 1.74 bits per heavy atom. The summed E-state index contributed by atoms with van der Waals surface area (Å²) >= 11 is 3.26. The van der Waals surface area contributed by atoms with E-state index in [4.69, 9.17) is 24.7 Å². The summed E-state index contributed by atoms with van der Waals surface area (Å²) in [5.74, 6) is 1.73. The van der Waals surface area contributed by atoms with Crippen LogP contribution in [0.25, 0.3) is 0 Å². The molecule has 0 saturated heterocycles. The Balaban J connectivity index is 1.63. The Kier molecular flexibility index (Phi) is 6.21. The number of nitrogens with two attached hydrogens (primary N) is 1. The number of halogens is 1. The van der Waals surface area contributed by atoms with Crippen molar-refractivity contribution in [2.24, 2.45) is 0 Å². The third kappa shape index (κ3) is 5.17. The van der Waals surface area contributed by atoms with Crippen LogP contribution >= 0.6 is 15.9 Å². The van der Waals surface area contributed by atoms with E-state index < -0.39 is 0 Å². The van der Waals surface area contributed by atoms with Gasteiger partial charge in [-0.25, -0.2) is 15.0 Å². The number of aromatic nitrogens is 4. The first-order valence-electron chi connectivity index (χ1n) is 7.81. The van der Waals surface area contributed by atoms with E-state index in [1.165, 1.54) is 6.33 Å². The molecule has 0 spiro atoms. The molecule has 0 atom stereocenters. The van der Waals surface area contributed by atoms with Crippen LogP contribution < -0.4 is 24.7 Å². The second kappa shape index (κ2) is 8.99. The fraction of sp³-hybridized carbons (Fsp3) is 0.176. The Labute approximate surface area is 163 Å². The van der Waals surface area contributed by atoms with E-state index in [-0.39, 0.29) is 36.7 Å². The first kappa shape index (κ1) is 18.6. The van der Waals surface area contributed by atoms with E-state index in [0.717, 1.165) is 4.47 Å². The maximum atomic E-state index is 5.91. The summed E-state index contributed by atoms with van der Waals surface area (Å²) in [5, 5.41) is 0. The van der Waals surface area contributed by atoms with Crippen LogP contribution in [0, 0.1) is 0 Å². The molecular weight excluding hydrogens is 418 g/mol. The zero-order chi connectivity index (χ0) is 19.1. The second-order valence-electron chi connectivity index (χ2n) is 5.06. The molecule has 0 unspecified atom stereocenters. The average Bonchev–Trinajstić information content (AvgIpc) is 2.69. The number of ether oxygens (including phenoxy) is 4. The van der Waals surface area contributed by atoms with Crippen molar-refractivity contribution in [3.8, 4) is 29.1 Å². The van der Waals surface area contributed by atoms with Crippen LogP contribution in [0.5, 0.6) is 29.1 Å². The molecule has 0 amide bonds. The molecule has 140 valence electrons. The van der Waals surface area contributed by atoms with Crippen molar-refractivity contribution in [3.63, 3.8) is 0 Å². The lowest BCUT2D eigenvalue weighted by molar-refractivity contribution is 0.197. The van der Waals surface area contributed by atoms with Crippen LogP contribution in [0.4, 0.5) is 5.82 Å². The molecule has 27 heavy (non-hydrogen) atoms. The molecule has 0 aliphatic carbocycles. The molecule has 1 aromatic carbocycles. The van der Waals surface area contributed by atoms with Crippen LogP contribution in [-0.4, -0.2) is 40.3 Å². The Morgan fingerprint density at radius 1 is 1.00 bits per heavy atom. The number of nitrogen functional groups attached to an aromatic ring is 1. The molecule has 0 aliphatic rings. The van der Waals surface area contributed by atoms with Gasteiger partial charge in [-0.3, -0.25) is 0 Å². The van der Waals surface area contributed by atoms with Crippen molar-refractivity contribution in [2.75, 3.05) is 26.1 Å². The summed E-state index contributed by atoms with van der Waals surface area (Å²) in [7, 11) is 1.57. The molecule has 0 fully saturated rings. The molecule has 0 bridgehead atoms. The number of benzene rings is 1. The highest BCUT2D eigenvalue weighted by atomic mass is 79.9. The molecule has 0 aliphatic heterocycles. The third-order valence-electron chi connectivity index (χ3n) is 3.21. The fourth-order valence-electron chi connectivity index (χ4n) is 2.00. The van der Waals surface area contributed by atoms with Gasteiger partial charge in [-0.05, 0) is 28.1 Å². The lowest BCUT2D eigenvalue weighted by Gasteiger charge is -2.13. The number of hydrogen-bond acceptors (Lipinski definition) is 9. The summed E-state index contributed by atoms with van der Waals surface area (Å²) in [4.78, 5) is 16.0. The van der Waals surface area contributed by atoms with Crippen LogP contribution in [0.2, 0.25) is 0 Å². The predicted octanol–water partition coefficient (Wildman–Crippen LogP) is 2.87. The molecular formula is C17H16BrN5O4. The summed E-state index contributed by atoms with van der Waals surface area (Å²) in [6.45, 7) is 0.397. The monoisotopic (exact) mass is 433 g/mol. The normalized spacial score (nSPS) is 10.3. The molecule has 9 nitrogen and oxygen atoms in total. The molecule has 10 heteroatoms. The van der Waals surface area contributed by atoms with Gasteiger partial charge in [0.05, 0.1) is 11.6 Å². The predicted molar refractivity (Wildman–Crippen MR) is 100 cm³/mol. The standard InChI is InChI=1S/C17H16BrN5O4/c1-24-12-3-2-4-13(7-12)27-14-15(19)22-10-23-16(14)25-5-6-26-17-20-8-11(18)9-21-17/h2-4,7-10H,5-6H2,1H3,(H2,19,22,23). The van der Waals surface area contributed by atoms with E-state index in [1.807, 2.05) is 0 Å². The highest BCUT2D eigenvalue weighted by Crippen LogP contribution is 2.34. The maximum absolute atomic E-state index is 5.91. The minimum atomic E-state index is 0.153. The number of methoxy groups -OCH3 is 1. The van der Waals surface area contributed by atoms with E-state index in [9.17, 15) is 0 Å². The van der Waals surface area contributed by atoms with Gasteiger partial charge < -0.3 is 24.7 Å². The Hall–Kier alpha value is -3.14. The van der Waals surface area contributed by atoms with Crippen LogP contribution in [0.15, 0.2) is 47.5 Å². The lowest BCUT2D eigenvalue weighted by atomic mass is 10.3. The summed E-state index contributed by atoms with van der Waals surface area (Å²) < 4.78 is 22.7. The first-order chi connectivity index (χ1) is 13.2. The highest BCUT2D eigenvalue weighted by molar-refractivity contribution is 9.10. The van der Waals surface area contributed by atoms with Crippen molar-refractivity contribution in [3.05, 3.63) is 47.5 Å². The number of anilines is 1. The number of rotatable bonds is 8. The number of nitrogens with zero attached hydrogens (tertiary/aromatic N) is 4. The largest absolute Gasteiger partial charge is 0.497 e. The van der Waals surface area contributed by atoms with E-state index in [0.29, 0.717) is 11.5 Å². The highest BCUT2D eigenvalue weighted by Gasteiger charge is 2.14. The third-order valence-corrected chi connectivity index (χ3v) is 3.62. The van der Waals surface area contributed by atoms with Crippen molar-refractivity contribution in [2.45, 2.75) is 0 Å². The molecule has 2 heterocycles. The van der Waals surface area contributed by atoms with Gasteiger partial charge in [0.15, 0.2) is 5.82 Å². The minimum Gasteiger partial charge on any atom is -0.497 e. The SMILES string of the molecule is COc1cccc(Oc2c(N)ncnc2OCCOc2ncc(Br)cn2)c1. The molecule has 3 aromatic rings. The zero-order valence-electron chi connectivity index (χ0n) is 14.3. The van der Waals surface area contributed by atoms with E-state index in [2.05, 4.69) is 35.9 Å². The Morgan fingerprint density at radius 3 is 2.52 bits per heavy atom. The first-order valence-corrected chi connectivity index (χ1v) is 8.60. The van der Waals surface area contributed by atoms with Gasteiger partial charge in [0.25, 0.3) is 5.88 Å². The van der Waals surface area contributed by atoms with Crippen LogP contribution in [0.3, 0.4) is 0 Å². The van der Waals surface area contributed by atoms with Crippen molar-refractivity contribution in [1.29, 1.82) is 0 Å². The van der Waals surface area contributed by atoms with Gasteiger partial charge in [0.1, 0.15) is 31.0 Å². The van der Waals surface area contributed by atoms with E-state index >= 15 is 0 Å². The molecule has 2 aromatic heterocycles.